The van der Waals surface area contributed by atoms with E-state index in [9.17, 15) is 4.79 Å². The monoisotopic (exact) mass is 343 g/mol. The molecule has 7 nitrogen and oxygen atoms in total. The second-order valence-corrected chi connectivity index (χ2v) is 6.33. The van der Waals surface area contributed by atoms with E-state index >= 15 is 0 Å². The topological polar surface area (TPSA) is 96.7 Å². The first-order chi connectivity index (χ1) is 11.7. The van der Waals surface area contributed by atoms with Crippen LogP contribution in [-0.2, 0) is 4.79 Å². The molecule has 1 amide bonds. The summed E-state index contributed by atoms with van der Waals surface area (Å²) in [5.41, 5.74) is 0.951. The first-order valence-corrected chi connectivity index (χ1v) is 8.42. The van der Waals surface area contributed by atoms with Crippen LogP contribution in [0.3, 0.4) is 0 Å². The summed E-state index contributed by atoms with van der Waals surface area (Å²) in [4.78, 5) is 16.8. The molecule has 2 heterocycles. The van der Waals surface area contributed by atoms with E-state index in [4.69, 9.17) is 4.52 Å². The average molecular weight is 343 g/mol. The van der Waals surface area contributed by atoms with Gasteiger partial charge in [-0.2, -0.15) is 0 Å². The number of H-pyrrole nitrogens is 1. The highest BCUT2D eigenvalue weighted by molar-refractivity contribution is 8.00. The predicted octanol–water partition coefficient (Wildman–Crippen LogP) is 3.28. The highest BCUT2D eigenvalue weighted by atomic mass is 32.2. The van der Waals surface area contributed by atoms with Gasteiger partial charge in [-0.05, 0) is 13.3 Å². The van der Waals surface area contributed by atoms with Crippen molar-refractivity contribution in [1.29, 1.82) is 0 Å². The highest BCUT2D eigenvalue weighted by Crippen LogP contribution is 2.25. The van der Waals surface area contributed by atoms with E-state index in [1.165, 1.54) is 11.8 Å². The Kier molecular flexibility index (Phi) is 4.95. The van der Waals surface area contributed by atoms with E-state index in [2.05, 4.69) is 25.7 Å². The van der Waals surface area contributed by atoms with Crippen LogP contribution in [0.5, 0.6) is 0 Å². The molecule has 0 saturated heterocycles. The third-order valence-corrected chi connectivity index (χ3v) is 4.53. The van der Waals surface area contributed by atoms with Crippen molar-refractivity contribution < 1.29 is 9.32 Å². The number of carbonyl (C=O) groups excluding carboxylic acids is 1. The van der Waals surface area contributed by atoms with Crippen LogP contribution in [0, 0.1) is 6.92 Å². The number of thioether (sulfide) groups is 1. The van der Waals surface area contributed by atoms with E-state index < -0.39 is 0 Å². The number of aryl methyl sites for hydroxylation is 1. The Morgan fingerprint density at radius 2 is 2.17 bits per heavy atom. The Hall–Kier alpha value is -2.61. The molecular formula is C16H17N5O2S. The molecule has 1 aromatic carbocycles. The summed E-state index contributed by atoms with van der Waals surface area (Å²) in [6.07, 6.45) is 0.641. The standard InChI is InChI=1S/C16H17N5O2S/c1-3-12(15(22)17-13-9-10(2)23-21-13)24-16-18-14(19-20-16)11-7-5-4-6-8-11/h4-9,12H,3H2,1-2H3,(H,17,21,22)(H,18,19,20)/t12-/m1/s1. The number of rotatable bonds is 6. The molecule has 0 fully saturated rings. The molecule has 0 aliphatic heterocycles. The Balaban J connectivity index is 1.67. The van der Waals surface area contributed by atoms with E-state index in [0.717, 1.165) is 5.56 Å². The van der Waals surface area contributed by atoms with Crippen LogP contribution in [0.25, 0.3) is 11.4 Å². The fourth-order valence-electron chi connectivity index (χ4n) is 2.11. The lowest BCUT2D eigenvalue weighted by atomic mass is 10.2. The first kappa shape index (κ1) is 16.3. The number of hydrogen-bond acceptors (Lipinski definition) is 6. The van der Waals surface area contributed by atoms with Crippen LogP contribution in [0.15, 0.2) is 46.1 Å². The van der Waals surface area contributed by atoms with Crippen molar-refractivity contribution in [2.24, 2.45) is 0 Å². The molecule has 3 aromatic rings. The van der Waals surface area contributed by atoms with Crippen molar-refractivity contribution in [3.63, 3.8) is 0 Å². The number of amides is 1. The zero-order valence-electron chi connectivity index (χ0n) is 13.3. The molecule has 3 rings (SSSR count). The maximum absolute atomic E-state index is 12.4. The normalized spacial score (nSPS) is 12.1. The van der Waals surface area contributed by atoms with Crippen LogP contribution in [0.1, 0.15) is 19.1 Å². The van der Waals surface area contributed by atoms with Gasteiger partial charge in [0.2, 0.25) is 11.1 Å². The fourth-order valence-corrected chi connectivity index (χ4v) is 2.94. The minimum Gasteiger partial charge on any atom is -0.360 e. The molecule has 2 aromatic heterocycles. The number of hydrogen-bond donors (Lipinski definition) is 2. The summed E-state index contributed by atoms with van der Waals surface area (Å²) >= 11 is 1.31. The molecule has 0 saturated carbocycles. The number of aromatic nitrogens is 4. The van der Waals surface area contributed by atoms with Crippen molar-refractivity contribution in [1.82, 2.24) is 20.3 Å². The van der Waals surface area contributed by atoms with Gasteiger partial charge in [0, 0.05) is 11.6 Å². The number of aromatic amines is 1. The lowest BCUT2D eigenvalue weighted by Gasteiger charge is -2.10. The summed E-state index contributed by atoms with van der Waals surface area (Å²) in [5, 5.41) is 13.8. The smallest absolute Gasteiger partial charge is 0.239 e. The molecule has 0 aliphatic rings. The zero-order valence-corrected chi connectivity index (χ0v) is 14.1. The van der Waals surface area contributed by atoms with Gasteiger partial charge in [0.25, 0.3) is 0 Å². The Bertz CT molecular complexity index is 815. The van der Waals surface area contributed by atoms with Gasteiger partial charge >= 0.3 is 0 Å². The van der Waals surface area contributed by atoms with Crippen molar-refractivity contribution >= 4 is 23.5 Å². The maximum atomic E-state index is 12.4. The van der Waals surface area contributed by atoms with Gasteiger partial charge in [-0.3, -0.25) is 9.89 Å². The van der Waals surface area contributed by atoms with Crippen LogP contribution < -0.4 is 5.32 Å². The molecule has 124 valence electrons. The summed E-state index contributed by atoms with van der Waals surface area (Å²) < 4.78 is 4.95. The SMILES string of the molecule is CC[C@@H](Sc1n[nH]c(-c2ccccc2)n1)C(=O)Nc1cc(C)on1. The number of nitrogens with zero attached hydrogens (tertiary/aromatic N) is 3. The molecule has 2 N–H and O–H groups in total. The van der Waals surface area contributed by atoms with Gasteiger partial charge in [-0.1, -0.05) is 54.2 Å². The lowest BCUT2D eigenvalue weighted by Crippen LogP contribution is -2.24. The highest BCUT2D eigenvalue weighted by Gasteiger charge is 2.21. The summed E-state index contributed by atoms with van der Waals surface area (Å²) in [5.74, 6) is 1.59. The van der Waals surface area contributed by atoms with Crippen molar-refractivity contribution in [3.05, 3.63) is 42.2 Å². The van der Waals surface area contributed by atoms with Crippen molar-refractivity contribution in [2.45, 2.75) is 30.7 Å². The molecule has 0 radical (unpaired) electrons. The molecule has 0 bridgehead atoms. The van der Waals surface area contributed by atoms with Crippen LogP contribution in [-0.4, -0.2) is 31.5 Å². The largest absolute Gasteiger partial charge is 0.360 e. The van der Waals surface area contributed by atoms with Crippen molar-refractivity contribution in [3.8, 4) is 11.4 Å². The Labute approximate surface area is 143 Å². The Morgan fingerprint density at radius 3 is 2.83 bits per heavy atom. The first-order valence-electron chi connectivity index (χ1n) is 7.54. The molecule has 0 aliphatic carbocycles. The van der Waals surface area contributed by atoms with E-state index in [1.807, 2.05) is 37.3 Å². The fraction of sp³-hybridized carbons (Fsp3) is 0.250. The predicted molar refractivity (Wildman–Crippen MR) is 91.6 cm³/mol. The number of anilines is 1. The van der Waals surface area contributed by atoms with Crippen LogP contribution >= 0.6 is 11.8 Å². The second kappa shape index (κ2) is 7.31. The summed E-state index contributed by atoms with van der Waals surface area (Å²) in [7, 11) is 0. The van der Waals surface area contributed by atoms with E-state index in [-0.39, 0.29) is 11.2 Å². The molecular weight excluding hydrogens is 326 g/mol. The number of nitrogens with one attached hydrogen (secondary N) is 2. The average Bonchev–Trinajstić information content (AvgIpc) is 3.22. The van der Waals surface area contributed by atoms with Gasteiger partial charge in [-0.15, -0.1) is 5.10 Å². The summed E-state index contributed by atoms with van der Waals surface area (Å²) in [6.45, 7) is 3.71. The van der Waals surface area contributed by atoms with Gasteiger partial charge < -0.3 is 9.84 Å². The molecule has 0 spiro atoms. The summed E-state index contributed by atoms with van der Waals surface area (Å²) in [6, 6.07) is 11.4. The number of benzene rings is 1. The maximum Gasteiger partial charge on any atom is 0.239 e. The second-order valence-electron chi connectivity index (χ2n) is 5.16. The van der Waals surface area contributed by atoms with Gasteiger partial charge in [0.15, 0.2) is 11.6 Å². The number of carbonyl (C=O) groups is 1. The van der Waals surface area contributed by atoms with E-state index in [0.29, 0.717) is 29.0 Å². The third-order valence-electron chi connectivity index (χ3n) is 3.30. The third kappa shape index (κ3) is 3.83. The quantitative estimate of drug-likeness (QED) is 0.667. The van der Waals surface area contributed by atoms with Gasteiger partial charge in [0.1, 0.15) is 5.76 Å². The van der Waals surface area contributed by atoms with Crippen LogP contribution in [0.4, 0.5) is 5.82 Å². The van der Waals surface area contributed by atoms with Gasteiger partial charge in [0.05, 0.1) is 5.25 Å². The van der Waals surface area contributed by atoms with E-state index in [1.54, 1.807) is 13.0 Å². The Morgan fingerprint density at radius 1 is 1.38 bits per heavy atom. The van der Waals surface area contributed by atoms with Crippen LogP contribution in [0.2, 0.25) is 0 Å². The minimum atomic E-state index is -0.318. The molecule has 1 atom stereocenters. The lowest BCUT2D eigenvalue weighted by molar-refractivity contribution is -0.115. The van der Waals surface area contributed by atoms with Crippen molar-refractivity contribution in [2.75, 3.05) is 5.32 Å². The molecule has 8 heteroatoms. The molecule has 0 unspecified atom stereocenters. The molecule has 24 heavy (non-hydrogen) atoms. The van der Waals surface area contributed by atoms with Gasteiger partial charge in [-0.25, -0.2) is 4.98 Å². The minimum absolute atomic E-state index is 0.151. The zero-order chi connectivity index (χ0) is 16.9.